The summed E-state index contributed by atoms with van der Waals surface area (Å²) in [5.74, 6) is 1.85. The summed E-state index contributed by atoms with van der Waals surface area (Å²) >= 11 is 0. The quantitative estimate of drug-likeness (QED) is 0.717. The van der Waals surface area contributed by atoms with E-state index < -0.39 is 6.10 Å². The molecule has 5 nitrogen and oxygen atoms in total. The van der Waals surface area contributed by atoms with Gasteiger partial charge < -0.3 is 19.1 Å². The standard InChI is InChI=1S/C20H22N2O3/c1-3-25-17-10-9-16(13-18(17)24-2)19(23)20-21-11-12-22(20)14-15-7-5-4-6-8-15/h4-13,19,23H,3,14H2,1-2H3/t19-/m1/s1. The second-order valence-electron chi connectivity index (χ2n) is 5.64. The largest absolute Gasteiger partial charge is 0.493 e. The van der Waals surface area contributed by atoms with Crippen molar-refractivity contribution in [3.63, 3.8) is 0 Å². The Bertz CT molecular complexity index is 815. The SMILES string of the molecule is CCOc1ccc([C@@H](O)c2nccn2Cc2ccccc2)cc1OC. The van der Waals surface area contributed by atoms with Gasteiger partial charge in [-0.25, -0.2) is 4.98 Å². The molecule has 0 aliphatic rings. The van der Waals surface area contributed by atoms with Gasteiger partial charge in [-0.05, 0) is 30.2 Å². The Labute approximate surface area is 147 Å². The molecule has 25 heavy (non-hydrogen) atoms. The first kappa shape index (κ1) is 17.0. The number of nitrogens with zero attached hydrogens (tertiary/aromatic N) is 2. The van der Waals surface area contributed by atoms with Crippen LogP contribution in [-0.4, -0.2) is 28.4 Å². The summed E-state index contributed by atoms with van der Waals surface area (Å²) in [6.45, 7) is 3.13. The molecule has 0 radical (unpaired) electrons. The van der Waals surface area contributed by atoms with Crippen molar-refractivity contribution >= 4 is 0 Å². The van der Waals surface area contributed by atoms with Gasteiger partial charge in [0.1, 0.15) is 11.9 Å². The van der Waals surface area contributed by atoms with E-state index in [1.54, 1.807) is 19.4 Å². The zero-order valence-electron chi connectivity index (χ0n) is 14.4. The van der Waals surface area contributed by atoms with E-state index in [4.69, 9.17) is 9.47 Å². The summed E-state index contributed by atoms with van der Waals surface area (Å²) in [4.78, 5) is 4.34. The summed E-state index contributed by atoms with van der Waals surface area (Å²) in [5, 5.41) is 10.8. The van der Waals surface area contributed by atoms with Crippen LogP contribution in [0.1, 0.15) is 30.0 Å². The molecule has 130 valence electrons. The Kier molecular flexibility index (Phi) is 5.36. The van der Waals surface area contributed by atoms with E-state index in [2.05, 4.69) is 17.1 Å². The predicted molar refractivity (Wildman–Crippen MR) is 96.0 cm³/mol. The third-order valence-corrected chi connectivity index (χ3v) is 3.99. The molecule has 0 spiro atoms. The van der Waals surface area contributed by atoms with Crippen molar-refractivity contribution in [3.8, 4) is 11.5 Å². The smallest absolute Gasteiger partial charge is 0.161 e. The number of hydrogen-bond acceptors (Lipinski definition) is 4. The third-order valence-electron chi connectivity index (χ3n) is 3.99. The minimum Gasteiger partial charge on any atom is -0.493 e. The van der Waals surface area contributed by atoms with Gasteiger partial charge >= 0.3 is 0 Å². The second-order valence-corrected chi connectivity index (χ2v) is 5.64. The molecule has 0 aliphatic carbocycles. The summed E-state index contributed by atoms with van der Waals surface area (Å²) < 4.78 is 12.8. The number of rotatable bonds is 7. The molecule has 1 aromatic heterocycles. The van der Waals surface area contributed by atoms with Crippen molar-refractivity contribution in [1.29, 1.82) is 0 Å². The van der Waals surface area contributed by atoms with Crippen LogP contribution in [0.5, 0.6) is 11.5 Å². The summed E-state index contributed by atoms with van der Waals surface area (Å²) in [6.07, 6.45) is 2.73. The highest BCUT2D eigenvalue weighted by Crippen LogP contribution is 2.32. The van der Waals surface area contributed by atoms with Crippen molar-refractivity contribution in [2.24, 2.45) is 0 Å². The zero-order valence-corrected chi connectivity index (χ0v) is 14.4. The van der Waals surface area contributed by atoms with Crippen molar-refractivity contribution in [3.05, 3.63) is 77.9 Å². The molecule has 0 unspecified atom stereocenters. The van der Waals surface area contributed by atoms with E-state index in [0.29, 0.717) is 36.0 Å². The first-order valence-electron chi connectivity index (χ1n) is 8.26. The summed E-state index contributed by atoms with van der Waals surface area (Å²) in [5.41, 5.74) is 1.86. The van der Waals surface area contributed by atoms with Crippen LogP contribution in [0.25, 0.3) is 0 Å². The maximum atomic E-state index is 10.8. The van der Waals surface area contributed by atoms with Crippen molar-refractivity contribution in [2.75, 3.05) is 13.7 Å². The molecular weight excluding hydrogens is 316 g/mol. The summed E-state index contributed by atoms with van der Waals surface area (Å²) in [7, 11) is 1.59. The first-order chi connectivity index (χ1) is 12.2. The fraction of sp³-hybridized carbons (Fsp3) is 0.250. The van der Waals surface area contributed by atoms with Gasteiger partial charge in [0, 0.05) is 18.9 Å². The average Bonchev–Trinajstić information content (AvgIpc) is 3.10. The van der Waals surface area contributed by atoms with Gasteiger partial charge in [0.25, 0.3) is 0 Å². The summed E-state index contributed by atoms with van der Waals surface area (Å²) in [6, 6.07) is 15.5. The minimum absolute atomic E-state index is 0.555. The van der Waals surface area contributed by atoms with Crippen LogP contribution in [0, 0.1) is 0 Å². The molecule has 3 rings (SSSR count). The van der Waals surface area contributed by atoms with E-state index in [1.165, 1.54) is 0 Å². The van der Waals surface area contributed by atoms with Crippen LogP contribution in [0.15, 0.2) is 60.9 Å². The first-order valence-corrected chi connectivity index (χ1v) is 8.26. The van der Waals surface area contributed by atoms with E-state index in [9.17, 15) is 5.11 Å². The number of hydrogen-bond donors (Lipinski definition) is 1. The molecule has 0 bridgehead atoms. The second kappa shape index (κ2) is 7.85. The lowest BCUT2D eigenvalue weighted by Crippen LogP contribution is -2.11. The highest BCUT2D eigenvalue weighted by molar-refractivity contribution is 5.44. The molecule has 0 amide bonds. The van der Waals surface area contributed by atoms with Crippen LogP contribution in [-0.2, 0) is 6.54 Å². The van der Waals surface area contributed by atoms with E-state index in [0.717, 1.165) is 5.56 Å². The van der Waals surface area contributed by atoms with Gasteiger partial charge in [-0.3, -0.25) is 0 Å². The maximum Gasteiger partial charge on any atom is 0.161 e. The van der Waals surface area contributed by atoms with E-state index >= 15 is 0 Å². The molecule has 2 aromatic carbocycles. The number of aromatic nitrogens is 2. The van der Waals surface area contributed by atoms with Crippen molar-refractivity contribution in [1.82, 2.24) is 9.55 Å². The Hall–Kier alpha value is -2.79. The van der Waals surface area contributed by atoms with Gasteiger partial charge in [0.15, 0.2) is 11.5 Å². The van der Waals surface area contributed by atoms with Crippen molar-refractivity contribution in [2.45, 2.75) is 19.6 Å². The van der Waals surface area contributed by atoms with E-state index in [-0.39, 0.29) is 0 Å². The topological polar surface area (TPSA) is 56.5 Å². The molecule has 0 saturated heterocycles. The Morgan fingerprint density at radius 1 is 1.12 bits per heavy atom. The van der Waals surface area contributed by atoms with Crippen LogP contribution in [0.3, 0.4) is 0 Å². The molecule has 1 N–H and O–H groups in total. The number of benzene rings is 2. The molecule has 5 heteroatoms. The Balaban J connectivity index is 1.86. The Morgan fingerprint density at radius 3 is 2.64 bits per heavy atom. The Morgan fingerprint density at radius 2 is 1.92 bits per heavy atom. The minimum atomic E-state index is -0.844. The number of aliphatic hydroxyl groups is 1. The molecule has 3 aromatic rings. The highest BCUT2D eigenvalue weighted by atomic mass is 16.5. The van der Waals surface area contributed by atoms with Crippen LogP contribution < -0.4 is 9.47 Å². The number of imidazole rings is 1. The lowest BCUT2D eigenvalue weighted by Gasteiger charge is -2.16. The van der Waals surface area contributed by atoms with E-state index in [1.807, 2.05) is 48.0 Å². The predicted octanol–water partition coefficient (Wildman–Crippen LogP) is 3.42. The fourth-order valence-electron chi connectivity index (χ4n) is 2.76. The molecular formula is C20H22N2O3. The van der Waals surface area contributed by atoms with Crippen LogP contribution in [0.2, 0.25) is 0 Å². The molecule has 1 heterocycles. The van der Waals surface area contributed by atoms with Crippen molar-refractivity contribution < 1.29 is 14.6 Å². The van der Waals surface area contributed by atoms with Gasteiger partial charge in [-0.15, -0.1) is 0 Å². The molecule has 1 atom stereocenters. The third kappa shape index (κ3) is 3.83. The number of methoxy groups -OCH3 is 1. The van der Waals surface area contributed by atoms with Gasteiger partial charge in [-0.1, -0.05) is 36.4 Å². The monoisotopic (exact) mass is 338 g/mol. The van der Waals surface area contributed by atoms with Crippen LogP contribution in [0.4, 0.5) is 0 Å². The lowest BCUT2D eigenvalue weighted by molar-refractivity contribution is 0.204. The van der Waals surface area contributed by atoms with Crippen LogP contribution >= 0.6 is 0 Å². The highest BCUT2D eigenvalue weighted by Gasteiger charge is 2.18. The lowest BCUT2D eigenvalue weighted by atomic mass is 10.1. The molecule has 0 saturated carbocycles. The maximum absolute atomic E-state index is 10.8. The van der Waals surface area contributed by atoms with Gasteiger partial charge in [-0.2, -0.15) is 0 Å². The fourth-order valence-corrected chi connectivity index (χ4v) is 2.76. The van der Waals surface area contributed by atoms with Gasteiger partial charge in [0.2, 0.25) is 0 Å². The normalized spacial score (nSPS) is 12.0. The molecule has 0 aliphatic heterocycles. The zero-order chi connectivity index (χ0) is 17.6. The number of ether oxygens (including phenoxy) is 2. The number of aliphatic hydroxyl groups excluding tert-OH is 1. The molecule has 0 fully saturated rings. The van der Waals surface area contributed by atoms with Gasteiger partial charge in [0.05, 0.1) is 13.7 Å². The average molecular weight is 338 g/mol.